The van der Waals surface area contributed by atoms with Crippen molar-refractivity contribution in [3.63, 3.8) is 0 Å². The van der Waals surface area contributed by atoms with Gasteiger partial charge in [-0.2, -0.15) is 5.10 Å². The zero-order valence-electron chi connectivity index (χ0n) is 13.1. The van der Waals surface area contributed by atoms with Gasteiger partial charge in [0.1, 0.15) is 11.5 Å². The lowest BCUT2D eigenvalue weighted by atomic mass is 10.1. The summed E-state index contributed by atoms with van der Waals surface area (Å²) < 4.78 is 6.85. The SMILES string of the molecule is Cc1cccc(C)c1OCC(=O)NN=Cc1cc(O)c(Br)cc1Br. The zero-order chi connectivity index (χ0) is 17.7. The number of para-hydroxylation sites is 1. The average molecular weight is 456 g/mol. The van der Waals surface area contributed by atoms with Gasteiger partial charge in [0, 0.05) is 10.0 Å². The first kappa shape index (κ1) is 18.5. The predicted molar refractivity (Wildman–Crippen MR) is 101 cm³/mol. The number of nitrogens with zero attached hydrogens (tertiary/aromatic N) is 1. The normalized spacial score (nSPS) is 10.8. The largest absolute Gasteiger partial charge is 0.507 e. The highest BCUT2D eigenvalue weighted by Crippen LogP contribution is 2.29. The molecule has 0 aromatic heterocycles. The van der Waals surface area contributed by atoms with Crippen LogP contribution in [0.5, 0.6) is 11.5 Å². The van der Waals surface area contributed by atoms with Crippen molar-refractivity contribution in [2.75, 3.05) is 6.61 Å². The van der Waals surface area contributed by atoms with E-state index in [9.17, 15) is 9.90 Å². The number of rotatable bonds is 5. The van der Waals surface area contributed by atoms with Gasteiger partial charge in [-0.1, -0.05) is 34.1 Å². The van der Waals surface area contributed by atoms with E-state index in [1.165, 1.54) is 12.3 Å². The van der Waals surface area contributed by atoms with Gasteiger partial charge >= 0.3 is 0 Å². The monoisotopic (exact) mass is 454 g/mol. The maximum absolute atomic E-state index is 11.8. The number of amides is 1. The Morgan fingerprint density at radius 2 is 1.92 bits per heavy atom. The maximum atomic E-state index is 11.8. The number of aryl methyl sites for hydroxylation is 2. The van der Waals surface area contributed by atoms with Crippen LogP contribution in [-0.4, -0.2) is 23.8 Å². The van der Waals surface area contributed by atoms with Gasteiger partial charge in [-0.05, 0) is 53.0 Å². The fourth-order valence-corrected chi connectivity index (χ4v) is 3.12. The van der Waals surface area contributed by atoms with Crippen molar-refractivity contribution in [2.45, 2.75) is 13.8 Å². The molecule has 0 atom stereocenters. The second kappa shape index (κ2) is 8.30. The van der Waals surface area contributed by atoms with Crippen molar-refractivity contribution in [1.29, 1.82) is 0 Å². The van der Waals surface area contributed by atoms with E-state index in [0.717, 1.165) is 15.6 Å². The van der Waals surface area contributed by atoms with Gasteiger partial charge in [0.2, 0.25) is 0 Å². The molecule has 7 heteroatoms. The molecule has 0 spiro atoms. The third kappa shape index (κ3) is 4.82. The molecule has 0 unspecified atom stereocenters. The van der Waals surface area contributed by atoms with Gasteiger partial charge in [0.05, 0.1) is 10.7 Å². The first-order chi connectivity index (χ1) is 11.4. The molecule has 0 bridgehead atoms. The Hall–Kier alpha value is -1.86. The average Bonchev–Trinajstić information content (AvgIpc) is 2.52. The molecule has 2 aromatic carbocycles. The van der Waals surface area contributed by atoms with Crippen molar-refractivity contribution < 1.29 is 14.6 Å². The van der Waals surface area contributed by atoms with Gasteiger partial charge in [-0.3, -0.25) is 4.79 Å². The number of phenolic OH excluding ortho intramolecular Hbond substituents is 1. The molecule has 0 aliphatic rings. The Morgan fingerprint density at radius 3 is 2.58 bits per heavy atom. The van der Waals surface area contributed by atoms with Crippen molar-refractivity contribution in [1.82, 2.24) is 5.43 Å². The Labute approximate surface area is 157 Å². The van der Waals surface area contributed by atoms with E-state index in [2.05, 4.69) is 42.4 Å². The number of halogens is 2. The van der Waals surface area contributed by atoms with Crippen LogP contribution in [0.1, 0.15) is 16.7 Å². The summed E-state index contributed by atoms with van der Waals surface area (Å²) in [5.41, 5.74) is 4.97. The number of ether oxygens (including phenoxy) is 1. The van der Waals surface area contributed by atoms with E-state index in [-0.39, 0.29) is 18.3 Å². The molecular weight excluding hydrogens is 440 g/mol. The number of nitrogens with one attached hydrogen (secondary N) is 1. The molecule has 2 aromatic rings. The molecular formula is C17H16Br2N2O3. The highest BCUT2D eigenvalue weighted by molar-refractivity contribution is 9.11. The molecule has 2 N–H and O–H groups in total. The Morgan fingerprint density at radius 1 is 1.25 bits per heavy atom. The molecule has 0 saturated carbocycles. The lowest BCUT2D eigenvalue weighted by Crippen LogP contribution is -2.25. The smallest absolute Gasteiger partial charge is 0.277 e. The molecule has 0 fully saturated rings. The summed E-state index contributed by atoms with van der Waals surface area (Å²) in [6.07, 6.45) is 1.44. The molecule has 0 aliphatic heterocycles. The molecule has 1 amide bonds. The summed E-state index contributed by atoms with van der Waals surface area (Å²) in [6, 6.07) is 9.01. The summed E-state index contributed by atoms with van der Waals surface area (Å²) in [7, 11) is 0. The standard InChI is InChI=1S/C17H16Br2N2O3/c1-10-4-3-5-11(2)17(10)24-9-16(23)21-20-8-12-6-15(22)14(19)7-13(12)18/h3-8,22H,9H2,1-2H3,(H,21,23). The highest BCUT2D eigenvalue weighted by Gasteiger charge is 2.07. The number of aromatic hydroxyl groups is 1. The molecule has 126 valence electrons. The highest BCUT2D eigenvalue weighted by atomic mass is 79.9. The van der Waals surface area contributed by atoms with Gasteiger partial charge in [0.25, 0.3) is 5.91 Å². The van der Waals surface area contributed by atoms with Crippen LogP contribution < -0.4 is 10.2 Å². The van der Waals surface area contributed by atoms with Crippen LogP contribution in [0.4, 0.5) is 0 Å². The van der Waals surface area contributed by atoms with Crippen LogP contribution in [0.2, 0.25) is 0 Å². The molecule has 24 heavy (non-hydrogen) atoms. The minimum Gasteiger partial charge on any atom is -0.507 e. The molecule has 5 nitrogen and oxygen atoms in total. The fraction of sp³-hybridized carbons (Fsp3) is 0.176. The second-order valence-electron chi connectivity index (χ2n) is 5.13. The minimum atomic E-state index is -0.369. The van der Waals surface area contributed by atoms with Gasteiger partial charge < -0.3 is 9.84 Å². The quantitative estimate of drug-likeness (QED) is 0.527. The van der Waals surface area contributed by atoms with Crippen LogP contribution >= 0.6 is 31.9 Å². The number of phenols is 1. The van der Waals surface area contributed by atoms with Gasteiger partial charge in [-0.15, -0.1) is 0 Å². The van der Waals surface area contributed by atoms with Crippen molar-refractivity contribution in [3.8, 4) is 11.5 Å². The minimum absolute atomic E-state index is 0.0873. The van der Waals surface area contributed by atoms with E-state index in [4.69, 9.17) is 4.74 Å². The summed E-state index contributed by atoms with van der Waals surface area (Å²) in [4.78, 5) is 11.8. The van der Waals surface area contributed by atoms with E-state index >= 15 is 0 Å². The predicted octanol–water partition coefficient (Wildman–Crippen LogP) is 4.06. The van der Waals surface area contributed by atoms with E-state index in [1.807, 2.05) is 32.0 Å². The van der Waals surface area contributed by atoms with E-state index in [1.54, 1.807) is 6.07 Å². The number of hydrogen-bond donors (Lipinski definition) is 2. The van der Waals surface area contributed by atoms with Crippen LogP contribution in [0, 0.1) is 13.8 Å². The molecule has 0 radical (unpaired) electrons. The number of benzene rings is 2. The third-order valence-electron chi connectivity index (χ3n) is 3.22. The third-order valence-corrected chi connectivity index (χ3v) is 4.54. The van der Waals surface area contributed by atoms with Crippen LogP contribution in [0.15, 0.2) is 44.4 Å². The molecule has 0 heterocycles. The molecule has 0 saturated heterocycles. The number of hydrazone groups is 1. The topological polar surface area (TPSA) is 70.9 Å². The second-order valence-corrected chi connectivity index (χ2v) is 6.84. The van der Waals surface area contributed by atoms with E-state index in [0.29, 0.717) is 15.8 Å². The van der Waals surface area contributed by atoms with Crippen molar-refractivity contribution in [2.24, 2.45) is 5.10 Å². The Balaban J connectivity index is 1.93. The summed E-state index contributed by atoms with van der Waals surface area (Å²) in [5, 5.41) is 13.5. The maximum Gasteiger partial charge on any atom is 0.277 e. The van der Waals surface area contributed by atoms with Gasteiger partial charge in [-0.25, -0.2) is 5.43 Å². The Kier molecular flexibility index (Phi) is 6.39. The lowest BCUT2D eigenvalue weighted by molar-refractivity contribution is -0.123. The van der Waals surface area contributed by atoms with Crippen LogP contribution in [0.25, 0.3) is 0 Å². The number of carbonyl (C=O) groups is 1. The van der Waals surface area contributed by atoms with Crippen LogP contribution in [0.3, 0.4) is 0 Å². The molecule has 2 rings (SSSR count). The molecule has 0 aliphatic carbocycles. The zero-order valence-corrected chi connectivity index (χ0v) is 16.3. The van der Waals surface area contributed by atoms with Crippen LogP contribution in [-0.2, 0) is 4.79 Å². The van der Waals surface area contributed by atoms with Gasteiger partial charge in [0.15, 0.2) is 6.61 Å². The Bertz CT molecular complexity index is 771. The summed E-state index contributed by atoms with van der Waals surface area (Å²) in [5.74, 6) is 0.424. The summed E-state index contributed by atoms with van der Waals surface area (Å²) in [6.45, 7) is 3.72. The summed E-state index contributed by atoms with van der Waals surface area (Å²) >= 11 is 6.57. The first-order valence-corrected chi connectivity index (χ1v) is 8.66. The number of hydrogen-bond acceptors (Lipinski definition) is 4. The lowest BCUT2D eigenvalue weighted by Gasteiger charge is -2.10. The van der Waals surface area contributed by atoms with Crippen molar-refractivity contribution in [3.05, 3.63) is 56.0 Å². The van der Waals surface area contributed by atoms with Crippen molar-refractivity contribution >= 4 is 44.0 Å². The van der Waals surface area contributed by atoms with E-state index < -0.39 is 0 Å². The fourth-order valence-electron chi connectivity index (χ4n) is 2.02. The first-order valence-electron chi connectivity index (χ1n) is 7.07. The number of carbonyl (C=O) groups excluding carboxylic acids is 1.